The number of aliphatic carboxylic acids is 1. The van der Waals surface area contributed by atoms with E-state index in [0.29, 0.717) is 38.5 Å². The molecular formula is C18H31NO5S. The van der Waals surface area contributed by atoms with E-state index in [1.165, 1.54) is 0 Å². The number of rotatable bonds is 6. The van der Waals surface area contributed by atoms with E-state index in [2.05, 4.69) is 5.32 Å². The second-order valence-corrected chi connectivity index (χ2v) is 10.3. The van der Waals surface area contributed by atoms with Gasteiger partial charge in [-0.05, 0) is 44.4 Å². The lowest BCUT2D eigenvalue weighted by molar-refractivity contribution is -0.142. The second kappa shape index (κ2) is 8.52. The summed E-state index contributed by atoms with van der Waals surface area (Å²) in [6, 6.07) is -0.120. The fourth-order valence-corrected chi connectivity index (χ4v) is 6.73. The molecule has 2 rings (SSSR count). The lowest BCUT2D eigenvalue weighted by Gasteiger charge is -2.31. The van der Waals surface area contributed by atoms with Crippen LogP contribution in [-0.4, -0.2) is 41.9 Å². The van der Waals surface area contributed by atoms with E-state index < -0.39 is 32.2 Å². The minimum atomic E-state index is -3.50. The molecular weight excluding hydrogens is 342 g/mol. The Hall–Kier alpha value is -1.11. The van der Waals surface area contributed by atoms with Gasteiger partial charge in [-0.3, -0.25) is 9.59 Å². The number of hydrogen-bond donors (Lipinski definition) is 2. The molecule has 0 aromatic rings. The van der Waals surface area contributed by atoms with E-state index in [0.717, 1.165) is 19.3 Å². The minimum Gasteiger partial charge on any atom is -0.481 e. The quantitative estimate of drug-likeness (QED) is 0.745. The summed E-state index contributed by atoms with van der Waals surface area (Å²) in [7, 11) is -3.50. The summed E-state index contributed by atoms with van der Waals surface area (Å²) in [5, 5.41) is 10.5. The molecule has 0 radical (unpaired) electrons. The summed E-state index contributed by atoms with van der Waals surface area (Å²) in [4.78, 5) is 23.8. The van der Waals surface area contributed by atoms with Crippen LogP contribution in [0.2, 0.25) is 0 Å². The number of nitrogens with one attached hydrogen (secondary N) is 1. The highest BCUT2D eigenvalue weighted by Crippen LogP contribution is 2.30. The van der Waals surface area contributed by atoms with Crippen molar-refractivity contribution in [3.63, 3.8) is 0 Å². The molecule has 6 nitrogen and oxygen atoms in total. The normalized spacial score (nSPS) is 27.0. The fourth-order valence-electron chi connectivity index (χ4n) is 4.20. The van der Waals surface area contributed by atoms with Crippen LogP contribution in [0.5, 0.6) is 0 Å². The van der Waals surface area contributed by atoms with Gasteiger partial charge in [-0.15, -0.1) is 0 Å². The summed E-state index contributed by atoms with van der Waals surface area (Å²) in [6.07, 6.45) is 6.45. The predicted octanol–water partition coefficient (Wildman–Crippen LogP) is 2.52. The molecule has 2 aliphatic carbocycles. The third kappa shape index (κ3) is 4.96. The predicted molar refractivity (Wildman–Crippen MR) is 95.9 cm³/mol. The molecule has 0 aromatic carbocycles. The molecule has 144 valence electrons. The average molecular weight is 374 g/mol. The van der Waals surface area contributed by atoms with Gasteiger partial charge in [0.25, 0.3) is 0 Å². The lowest BCUT2D eigenvalue weighted by atomic mass is 9.86. The molecule has 25 heavy (non-hydrogen) atoms. The Morgan fingerprint density at radius 1 is 0.960 bits per heavy atom. The van der Waals surface area contributed by atoms with Crippen molar-refractivity contribution in [2.45, 2.75) is 88.2 Å². The molecule has 0 saturated heterocycles. The van der Waals surface area contributed by atoms with E-state index >= 15 is 0 Å². The number of carboxylic acid groups (broad SMARTS) is 1. The molecule has 0 bridgehead atoms. The van der Waals surface area contributed by atoms with Gasteiger partial charge >= 0.3 is 5.97 Å². The molecule has 7 heteroatoms. The number of sulfone groups is 1. The first kappa shape index (κ1) is 20.2. The Labute approximate surface area is 150 Å². The highest BCUT2D eigenvalue weighted by atomic mass is 32.2. The van der Waals surface area contributed by atoms with Crippen molar-refractivity contribution in [3.05, 3.63) is 0 Å². The molecule has 0 aliphatic heterocycles. The summed E-state index contributed by atoms with van der Waals surface area (Å²) in [5.41, 5.74) is 0. The summed E-state index contributed by atoms with van der Waals surface area (Å²) >= 11 is 0. The third-order valence-electron chi connectivity index (χ3n) is 5.66. The highest BCUT2D eigenvalue weighted by molar-refractivity contribution is 7.93. The fraction of sp³-hybridized carbons (Fsp3) is 0.889. The molecule has 1 unspecified atom stereocenters. The zero-order chi connectivity index (χ0) is 18.6. The molecule has 1 atom stereocenters. The molecule has 2 aliphatic rings. The zero-order valence-corrected chi connectivity index (χ0v) is 16.1. The molecule has 2 saturated carbocycles. The Morgan fingerprint density at radius 2 is 1.52 bits per heavy atom. The molecule has 0 heterocycles. The monoisotopic (exact) mass is 373 g/mol. The Bertz CT molecular complexity index is 572. The molecule has 0 spiro atoms. The first-order chi connectivity index (χ1) is 11.7. The Kier molecular flexibility index (Phi) is 6.88. The maximum absolute atomic E-state index is 13.0. The Balaban J connectivity index is 2.02. The van der Waals surface area contributed by atoms with Gasteiger partial charge in [-0.1, -0.05) is 33.1 Å². The average Bonchev–Trinajstić information content (AvgIpc) is 2.55. The van der Waals surface area contributed by atoms with Crippen molar-refractivity contribution in [1.82, 2.24) is 5.32 Å². The highest BCUT2D eigenvalue weighted by Gasteiger charge is 2.41. The van der Waals surface area contributed by atoms with Gasteiger partial charge in [0.2, 0.25) is 5.91 Å². The van der Waals surface area contributed by atoms with Gasteiger partial charge in [0, 0.05) is 6.04 Å². The van der Waals surface area contributed by atoms with Crippen molar-refractivity contribution in [3.8, 4) is 0 Å². The van der Waals surface area contributed by atoms with Crippen LogP contribution in [-0.2, 0) is 19.4 Å². The standard InChI is InChI=1S/C18H31NO5S/c1-12(2)16(25(23,24)15-6-4-3-5-7-15)17(20)19-14-10-8-13(9-11-14)18(21)22/h12-16H,3-11H2,1-2H3,(H,19,20)(H,21,22). The zero-order valence-electron chi connectivity index (χ0n) is 15.2. The number of carboxylic acids is 1. The molecule has 1 amide bonds. The molecule has 2 N–H and O–H groups in total. The van der Waals surface area contributed by atoms with Crippen LogP contribution >= 0.6 is 0 Å². The van der Waals surface area contributed by atoms with E-state index in [4.69, 9.17) is 5.11 Å². The van der Waals surface area contributed by atoms with Crippen LogP contribution in [0.25, 0.3) is 0 Å². The van der Waals surface area contributed by atoms with Gasteiger partial charge in [0.1, 0.15) is 5.25 Å². The molecule has 0 aromatic heterocycles. The van der Waals surface area contributed by atoms with Gasteiger partial charge in [0.15, 0.2) is 9.84 Å². The lowest BCUT2D eigenvalue weighted by Crippen LogP contribution is -2.50. The van der Waals surface area contributed by atoms with Crippen LogP contribution in [0.3, 0.4) is 0 Å². The number of carbonyl (C=O) groups is 2. The third-order valence-corrected chi connectivity index (χ3v) is 8.52. The van der Waals surface area contributed by atoms with Gasteiger partial charge in [-0.25, -0.2) is 8.42 Å². The maximum Gasteiger partial charge on any atom is 0.306 e. The summed E-state index contributed by atoms with van der Waals surface area (Å²) < 4.78 is 26.0. The van der Waals surface area contributed by atoms with Crippen LogP contribution in [0.4, 0.5) is 0 Å². The second-order valence-electron chi connectivity index (χ2n) is 7.91. The first-order valence-electron chi connectivity index (χ1n) is 9.49. The van der Waals surface area contributed by atoms with E-state index in [1.54, 1.807) is 13.8 Å². The number of hydrogen-bond acceptors (Lipinski definition) is 4. The van der Waals surface area contributed by atoms with Crippen LogP contribution in [0.15, 0.2) is 0 Å². The topological polar surface area (TPSA) is 101 Å². The van der Waals surface area contributed by atoms with E-state index in [9.17, 15) is 18.0 Å². The van der Waals surface area contributed by atoms with Crippen molar-refractivity contribution in [2.24, 2.45) is 11.8 Å². The van der Waals surface area contributed by atoms with Crippen molar-refractivity contribution < 1.29 is 23.1 Å². The van der Waals surface area contributed by atoms with Gasteiger partial charge in [0.05, 0.1) is 11.2 Å². The Morgan fingerprint density at radius 3 is 2.00 bits per heavy atom. The maximum atomic E-state index is 13.0. The van der Waals surface area contributed by atoms with Gasteiger partial charge < -0.3 is 10.4 Å². The van der Waals surface area contributed by atoms with Crippen LogP contribution < -0.4 is 5.32 Å². The smallest absolute Gasteiger partial charge is 0.306 e. The number of carbonyl (C=O) groups excluding carboxylic acids is 1. The molecule has 2 fully saturated rings. The van der Waals surface area contributed by atoms with Crippen molar-refractivity contribution in [1.29, 1.82) is 0 Å². The minimum absolute atomic E-state index is 0.120. The summed E-state index contributed by atoms with van der Waals surface area (Å²) in [5.74, 6) is -1.81. The SMILES string of the molecule is CC(C)C(C(=O)NC1CCC(C(=O)O)CC1)S(=O)(=O)C1CCCCC1. The first-order valence-corrected chi connectivity index (χ1v) is 11.1. The largest absolute Gasteiger partial charge is 0.481 e. The van der Waals surface area contributed by atoms with E-state index in [1.807, 2.05) is 0 Å². The van der Waals surface area contributed by atoms with Crippen LogP contribution in [0.1, 0.15) is 71.6 Å². The van der Waals surface area contributed by atoms with Crippen molar-refractivity contribution in [2.75, 3.05) is 0 Å². The van der Waals surface area contributed by atoms with Crippen molar-refractivity contribution >= 4 is 21.7 Å². The summed E-state index contributed by atoms with van der Waals surface area (Å²) in [6.45, 7) is 3.57. The van der Waals surface area contributed by atoms with Gasteiger partial charge in [-0.2, -0.15) is 0 Å². The number of amides is 1. The van der Waals surface area contributed by atoms with E-state index in [-0.39, 0.29) is 17.9 Å². The van der Waals surface area contributed by atoms with Crippen LogP contribution in [0, 0.1) is 11.8 Å².